The number of fused-ring (bicyclic) bond motifs is 1. The molecule has 5 rings (SSSR count). The highest BCUT2D eigenvalue weighted by Crippen LogP contribution is 2.62. The molecule has 0 bridgehead atoms. The molecule has 2 atom stereocenters. The van der Waals surface area contributed by atoms with Crippen molar-refractivity contribution in [1.82, 2.24) is 9.97 Å². The molecule has 3 aliphatic rings. The molecule has 2 aliphatic heterocycles. The number of anilines is 4. The van der Waals surface area contributed by atoms with E-state index in [9.17, 15) is 30.8 Å². The van der Waals surface area contributed by atoms with Gasteiger partial charge in [-0.15, -0.1) is 0 Å². The Bertz CT molecular complexity index is 1420. The Morgan fingerprint density at radius 1 is 1.15 bits per heavy atom. The van der Waals surface area contributed by atoms with Gasteiger partial charge in [-0.2, -0.15) is 4.98 Å². The topological polar surface area (TPSA) is 128 Å². The van der Waals surface area contributed by atoms with Crippen LogP contribution in [0.3, 0.4) is 0 Å². The number of aliphatic hydroxyl groups excluding tert-OH is 1. The first kappa shape index (κ1) is 29.2. The highest BCUT2D eigenvalue weighted by Gasteiger charge is 2.62. The van der Waals surface area contributed by atoms with E-state index in [2.05, 4.69) is 20.0 Å². The number of alkyl halides is 4. The summed E-state index contributed by atoms with van der Waals surface area (Å²) in [5.74, 6) is -5.70. The van der Waals surface area contributed by atoms with Gasteiger partial charge in [0.25, 0.3) is 11.8 Å². The predicted octanol–water partition coefficient (Wildman–Crippen LogP) is 3.32. The number of halogens is 5. The largest absolute Gasteiger partial charge is 0.395 e. The van der Waals surface area contributed by atoms with Crippen LogP contribution in [0.5, 0.6) is 0 Å². The zero-order chi connectivity index (χ0) is 29.6. The molecule has 1 aromatic carbocycles. The Hall–Kier alpha value is -3.27. The van der Waals surface area contributed by atoms with E-state index in [-0.39, 0.29) is 74.5 Å². The van der Waals surface area contributed by atoms with E-state index in [1.54, 1.807) is 9.80 Å². The number of benzene rings is 1. The number of carbonyl (C=O) groups excluding carboxylic acids is 1. The molecule has 1 amide bonds. The standard InChI is InChI=1S/C25H29F5N6O4S/c26-17-11-16(34-41(39,40)10-9-37)12-18(36-6-2-24(22(27)28)13-15(24)14-36)20(17)21(38)32-19-1-5-31-23(33-19)35-7-3-25(29,30)4-8-35/h1,5,11-12,15,22,34,37H,2-4,6-10,13-14H2,(H,31,32,33,38)/t15-,24+/m1/s1. The Kier molecular flexibility index (Phi) is 7.74. The Balaban J connectivity index is 1.42. The van der Waals surface area contributed by atoms with E-state index in [1.165, 1.54) is 18.3 Å². The lowest BCUT2D eigenvalue weighted by atomic mass is 9.94. The number of piperidine rings is 2. The van der Waals surface area contributed by atoms with Gasteiger partial charge in [0.1, 0.15) is 11.6 Å². The number of carbonyl (C=O) groups is 1. The maximum atomic E-state index is 15.5. The quantitative estimate of drug-likeness (QED) is 0.372. The summed E-state index contributed by atoms with van der Waals surface area (Å²) in [7, 11) is -4.03. The third-order valence-electron chi connectivity index (χ3n) is 7.93. The molecule has 1 aromatic heterocycles. The van der Waals surface area contributed by atoms with Gasteiger partial charge in [-0.1, -0.05) is 0 Å². The van der Waals surface area contributed by atoms with E-state index in [0.717, 1.165) is 6.07 Å². The molecule has 224 valence electrons. The number of aliphatic hydroxyl groups is 1. The summed E-state index contributed by atoms with van der Waals surface area (Å²) in [6, 6.07) is 3.41. The summed E-state index contributed by atoms with van der Waals surface area (Å²) < 4.78 is 96.5. The number of rotatable bonds is 9. The predicted molar refractivity (Wildman–Crippen MR) is 141 cm³/mol. The third kappa shape index (κ3) is 6.17. The monoisotopic (exact) mass is 604 g/mol. The summed E-state index contributed by atoms with van der Waals surface area (Å²) in [6.45, 7) is -0.450. The number of sulfonamides is 1. The molecule has 0 spiro atoms. The molecule has 16 heteroatoms. The van der Waals surface area contributed by atoms with Crippen LogP contribution in [0.15, 0.2) is 24.4 Å². The van der Waals surface area contributed by atoms with Crippen LogP contribution in [0.1, 0.15) is 36.0 Å². The van der Waals surface area contributed by atoms with Gasteiger partial charge >= 0.3 is 0 Å². The van der Waals surface area contributed by atoms with Crippen molar-refractivity contribution < 1.29 is 40.3 Å². The molecule has 1 saturated carbocycles. The molecule has 3 N–H and O–H groups in total. The highest BCUT2D eigenvalue weighted by molar-refractivity contribution is 7.92. The first-order chi connectivity index (χ1) is 19.3. The molecule has 2 aromatic rings. The molecule has 0 unspecified atom stereocenters. The third-order valence-corrected chi connectivity index (χ3v) is 9.20. The fourth-order valence-electron chi connectivity index (χ4n) is 5.51. The van der Waals surface area contributed by atoms with Crippen molar-refractivity contribution in [3.05, 3.63) is 35.8 Å². The van der Waals surface area contributed by atoms with Crippen LogP contribution in [-0.2, 0) is 10.0 Å². The first-order valence-electron chi connectivity index (χ1n) is 13.1. The molecule has 3 heterocycles. The summed E-state index contributed by atoms with van der Waals surface area (Å²) in [4.78, 5) is 24.8. The number of amides is 1. The molecule has 3 fully saturated rings. The Morgan fingerprint density at radius 2 is 1.85 bits per heavy atom. The molecular formula is C25H29F5N6O4S. The van der Waals surface area contributed by atoms with Crippen LogP contribution >= 0.6 is 0 Å². The highest BCUT2D eigenvalue weighted by atomic mass is 32.2. The van der Waals surface area contributed by atoms with Crippen LogP contribution in [0.4, 0.5) is 45.1 Å². The zero-order valence-corrected chi connectivity index (χ0v) is 22.6. The minimum atomic E-state index is -4.03. The SMILES string of the molecule is O=C(Nc1ccnc(N2CCC(F)(F)CC2)n1)c1c(F)cc(NS(=O)(=O)CCO)cc1N1CC[C@]2(C(F)F)C[C@@H]2C1. The second-order valence-corrected chi connectivity index (χ2v) is 12.5. The van der Waals surface area contributed by atoms with Gasteiger partial charge in [0.2, 0.25) is 22.4 Å². The molecule has 0 radical (unpaired) electrons. The lowest BCUT2D eigenvalue weighted by Crippen LogP contribution is -2.40. The van der Waals surface area contributed by atoms with E-state index in [0.29, 0.717) is 6.42 Å². The molecule has 10 nitrogen and oxygen atoms in total. The van der Waals surface area contributed by atoms with Gasteiger partial charge in [0, 0.05) is 50.6 Å². The van der Waals surface area contributed by atoms with Crippen molar-refractivity contribution >= 4 is 39.1 Å². The summed E-state index contributed by atoms with van der Waals surface area (Å²) >= 11 is 0. The fourth-order valence-corrected chi connectivity index (χ4v) is 6.33. The smallest absolute Gasteiger partial charge is 0.261 e. The van der Waals surface area contributed by atoms with Gasteiger partial charge in [0.05, 0.1) is 29.3 Å². The van der Waals surface area contributed by atoms with Crippen molar-refractivity contribution in [3.63, 3.8) is 0 Å². The lowest BCUT2D eigenvalue weighted by molar-refractivity contribution is -0.0222. The summed E-state index contributed by atoms with van der Waals surface area (Å²) in [5.41, 5.74) is -1.74. The van der Waals surface area contributed by atoms with Crippen LogP contribution in [0.25, 0.3) is 0 Å². The van der Waals surface area contributed by atoms with Crippen molar-refractivity contribution in [2.45, 2.75) is 38.0 Å². The number of hydrogen-bond donors (Lipinski definition) is 3. The Morgan fingerprint density at radius 3 is 2.51 bits per heavy atom. The van der Waals surface area contributed by atoms with Crippen LogP contribution in [0.2, 0.25) is 0 Å². The molecular weight excluding hydrogens is 575 g/mol. The van der Waals surface area contributed by atoms with E-state index in [1.807, 2.05) is 0 Å². The number of nitrogens with zero attached hydrogens (tertiary/aromatic N) is 4. The minimum absolute atomic E-state index is 0.00602. The van der Waals surface area contributed by atoms with Crippen molar-refractivity contribution in [2.24, 2.45) is 11.3 Å². The summed E-state index contributed by atoms with van der Waals surface area (Å²) in [5, 5.41) is 11.5. The van der Waals surface area contributed by atoms with Crippen LogP contribution < -0.4 is 19.8 Å². The average Bonchev–Trinajstić information content (AvgIpc) is 3.63. The second kappa shape index (κ2) is 10.9. The van der Waals surface area contributed by atoms with Gasteiger partial charge in [0.15, 0.2) is 0 Å². The van der Waals surface area contributed by atoms with E-state index >= 15 is 4.39 Å². The molecule has 41 heavy (non-hydrogen) atoms. The van der Waals surface area contributed by atoms with Crippen LogP contribution in [-0.4, -0.2) is 80.3 Å². The number of hydrogen-bond acceptors (Lipinski definition) is 8. The van der Waals surface area contributed by atoms with Crippen LogP contribution in [0, 0.1) is 17.2 Å². The second-order valence-electron chi connectivity index (χ2n) is 10.7. The minimum Gasteiger partial charge on any atom is -0.395 e. The molecule has 2 saturated heterocycles. The van der Waals surface area contributed by atoms with Crippen molar-refractivity contribution in [1.29, 1.82) is 0 Å². The normalized spacial score (nSPS) is 23.7. The lowest BCUT2D eigenvalue weighted by Gasteiger charge is -2.34. The maximum absolute atomic E-state index is 15.5. The van der Waals surface area contributed by atoms with Gasteiger partial charge in [-0.3, -0.25) is 9.52 Å². The van der Waals surface area contributed by atoms with Crippen molar-refractivity contribution in [3.8, 4) is 0 Å². The number of nitrogens with one attached hydrogen (secondary N) is 2. The van der Waals surface area contributed by atoms with Gasteiger partial charge in [-0.25, -0.2) is 35.4 Å². The molecule has 1 aliphatic carbocycles. The number of aromatic nitrogens is 2. The zero-order valence-electron chi connectivity index (χ0n) is 21.8. The van der Waals surface area contributed by atoms with Crippen molar-refractivity contribution in [2.75, 3.05) is 58.4 Å². The first-order valence-corrected chi connectivity index (χ1v) is 14.7. The van der Waals surface area contributed by atoms with E-state index < -0.39 is 57.4 Å². The average molecular weight is 605 g/mol. The van der Waals surface area contributed by atoms with E-state index in [4.69, 9.17) is 5.11 Å². The van der Waals surface area contributed by atoms with Gasteiger partial charge < -0.3 is 20.2 Å². The van der Waals surface area contributed by atoms with Gasteiger partial charge in [-0.05, 0) is 37.0 Å². The maximum Gasteiger partial charge on any atom is 0.261 e. The fraction of sp³-hybridized carbons (Fsp3) is 0.560. The summed E-state index contributed by atoms with van der Waals surface area (Å²) in [6.07, 6.45) is -1.53. The Labute approximate surface area is 233 Å².